The molecule has 3 rings (SSSR count). The van der Waals surface area contributed by atoms with Crippen LogP contribution >= 0.6 is 0 Å². The summed E-state index contributed by atoms with van der Waals surface area (Å²) in [6.45, 7) is 2.85. The first-order valence-electron chi connectivity index (χ1n) is 9.04. The Morgan fingerprint density at radius 1 is 1.35 bits per heavy atom. The fraction of sp³-hybridized carbons (Fsp3) is 0.333. The van der Waals surface area contributed by atoms with E-state index in [1.807, 2.05) is 6.07 Å². The number of nitriles is 1. The summed E-state index contributed by atoms with van der Waals surface area (Å²) >= 11 is 0. The molecule has 0 saturated carbocycles. The Hall–Kier alpha value is -4.05. The average molecular weight is 429 g/mol. The Labute approximate surface area is 175 Å². The summed E-state index contributed by atoms with van der Waals surface area (Å²) in [6, 6.07) is 4.28. The lowest BCUT2D eigenvalue weighted by atomic mass is 10.1. The summed E-state index contributed by atoms with van der Waals surface area (Å²) in [5.41, 5.74) is -1.41. The number of aliphatic hydroxyl groups is 1. The first-order chi connectivity index (χ1) is 14.7. The van der Waals surface area contributed by atoms with Crippen molar-refractivity contribution in [1.29, 1.82) is 5.26 Å². The topological polar surface area (TPSA) is 156 Å². The van der Waals surface area contributed by atoms with Gasteiger partial charge in [-0.15, -0.1) is 0 Å². The maximum absolute atomic E-state index is 14.9. The lowest BCUT2D eigenvalue weighted by molar-refractivity contribution is 0.0408. The first kappa shape index (κ1) is 21.7. The van der Waals surface area contributed by atoms with Crippen molar-refractivity contribution in [2.75, 3.05) is 24.3 Å². The van der Waals surface area contributed by atoms with Crippen molar-refractivity contribution in [1.82, 2.24) is 29.8 Å². The lowest BCUT2D eigenvalue weighted by Crippen LogP contribution is -2.33. The highest BCUT2D eigenvalue weighted by atomic mass is 19.1. The summed E-state index contributed by atoms with van der Waals surface area (Å²) in [5.74, 6) is -0.482. The van der Waals surface area contributed by atoms with Gasteiger partial charge in [-0.1, -0.05) is 0 Å². The third-order valence-corrected chi connectivity index (χ3v) is 4.16. The molecule has 0 fully saturated rings. The van der Waals surface area contributed by atoms with E-state index in [4.69, 9.17) is 10.00 Å². The Balaban J connectivity index is 2.11. The largest absolute Gasteiger partial charge is 0.483 e. The van der Waals surface area contributed by atoms with E-state index in [-0.39, 0.29) is 41.1 Å². The van der Waals surface area contributed by atoms with Crippen molar-refractivity contribution in [3.63, 3.8) is 0 Å². The van der Waals surface area contributed by atoms with Crippen LogP contribution in [0.3, 0.4) is 0 Å². The molecule has 31 heavy (non-hydrogen) atoms. The first-order valence-corrected chi connectivity index (χ1v) is 9.04. The van der Waals surface area contributed by atoms with Gasteiger partial charge < -0.3 is 20.5 Å². The molecule has 1 aromatic carbocycles. The summed E-state index contributed by atoms with van der Waals surface area (Å²) in [4.78, 5) is 20.5. The van der Waals surface area contributed by atoms with Gasteiger partial charge in [0.1, 0.15) is 34.5 Å². The van der Waals surface area contributed by atoms with Crippen LogP contribution < -0.4 is 21.1 Å². The number of hydrogen-bond donors (Lipinski definition) is 3. The van der Waals surface area contributed by atoms with Gasteiger partial charge in [-0.3, -0.25) is 0 Å². The van der Waals surface area contributed by atoms with Gasteiger partial charge in [-0.05, 0) is 30.3 Å². The van der Waals surface area contributed by atoms with Crippen LogP contribution in [0.4, 0.5) is 21.8 Å². The van der Waals surface area contributed by atoms with E-state index in [1.165, 1.54) is 19.3 Å². The number of anilines is 3. The molecule has 0 spiro atoms. The van der Waals surface area contributed by atoms with Crippen molar-refractivity contribution in [2.45, 2.75) is 19.4 Å². The molecular weight excluding hydrogens is 409 g/mol. The maximum atomic E-state index is 14.9. The molecule has 0 amide bonds. The molecule has 162 valence electrons. The maximum Gasteiger partial charge on any atom is 0.368 e. The molecule has 3 aromatic rings. The Kier molecular flexibility index (Phi) is 5.84. The van der Waals surface area contributed by atoms with Crippen LogP contribution in [0.15, 0.2) is 23.1 Å². The lowest BCUT2D eigenvalue weighted by Gasteiger charge is -2.25. The molecule has 0 unspecified atom stereocenters. The molecule has 0 aliphatic carbocycles. The number of hydrogen-bond acceptors (Lipinski definition) is 10. The minimum Gasteiger partial charge on any atom is -0.483 e. The molecule has 2 heterocycles. The Bertz CT molecular complexity index is 1210. The van der Waals surface area contributed by atoms with Crippen LogP contribution in [-0.2, 0) is 7.05 Å². The molecule has 0 radical (unpaired) electrons. The van der Waals surface area contributed by atoms with Crippen molar-refractivity contribution in [2.24, 2.45) is 7.05 Å². The van der Waals surface area contributed by atoms with E-state index >= 15 is 0 Å². The second kappa shape index (κ2) is 8.36. The molecule has 2 aromatic heterocycles. The number of halogens is 1. The van der Waals surface area contributed by atoms with Gasteiger partial charge in [0.2, 0.25) is 5.95 Å². The Morgan fingerprint density at radius 2 is 2.10 bits per heavy atom. The van der Waals surface area contributed by atoms with Crippen LogP contribution in [0.5, 0.6) is 5.75 Å². The van der Waals surface area contributed by atoms with E-state index in [9.17, 15) is 14.3 Å². The third kappa shape index (κ3) is 4.43. The molecule has 12 nitrogen and oxygen atoms in total. The number of rotatable bonds is 7. The number of nitrogens with one attached hydrogen (secondary N) is 2. The van der Waals surface area contributed by atoms with E-state index in [0.717, 1.165) is 15.4 Å². The number of nitrogens with zero attached hydrogens (tertiary/aromatic N) is 7. The summed E-state index contributed by atoms with van der Waals surface area (Å²) in [7, 11) is 3.00. The zero-order valence-corrected chi connectivity index (χ0v) is 17.2. The fourth-order valence-corrected chi connectivity index (χ4v) is 2.52. The van der Waals surface area contributed by atoms with Gasteiger partial charge in [-0.2, -0.15) is 19.6 Å². The molecule has 0 saturated heterocycles. The molecule has 0 aliphatic rings. The number of aryl methyl sites for hydroxylation is 1. The summed E-state index contributed by atoms with van der Waals surface area (Å²) in [6.07, 6.45) is 1.29. The van der Waals surface area contributed by atoms with Gasteiger partial charge in [0.05, 0.1) is 18.5 Å². The quantitative estimate of drug-likeness (QED) is 0.488. The van der Waals surface area contributed by atoms with Gasteiger partial charge in [0, 0.05) is 20.2 Å². The van der Waals surface area contributed by atoms with E-state index in [2.05, 4.69) is 31.0 Å². The van der Waals surface area contributed by atoms with E-state index < -0.39 is 17.1 Å². The van der Waals surface area contributed by atoms with Crippen molar-refractivity contribution in [3.05, 3.63) is 40.2 Å². The molecule has 13 heteroatoms. The van der Waals surface area contributed by atoms with Crippen molar-refractivity contribution in [3.8, 4) is 17.5 Å². The average Bonchev–Trinajstić information content (AvgIpc) is 3.08. The zero-order valence-electron chi connectivity index (χ0n) is 17.2. The summed E-state index contributed by atoms with van der Waals surface area (Å²) in [5, 5.41) is 31.5. The highest BCUT2D eigenvalue weighted by molar-refractivity contribution is 5.64. The fourth-order valence-electron chi connectivity index (χ4n) is 2.52. The van der Waals surface area contributed by atoms with Gasteiger partial charge >= 0.3 is 5.69 Å². The number of aromatic nitrogens is 6. The van der Waals surface area contributed by atoms with Gasteiger partial charge in [0.15, 0.2) is 5.82 Å². The molecule has 0 bridgehead atoms. The second-order valence-electron chi connectivity index (χ2n) is 7.06. The SMILES string of the molecule is CNc1nc(Nc2cc(-n3nnn(C)c3=O)c(OC(C)(C)CO)cc2F)ncc1C#N. The van der Waals surface area contributed by atoms with E-state index in [1.54, 1.807) is 20.9 Å². The smallest absolute Gasteiger partial charge is 0.368 e. The highest BCUT2D eigenvalue weighted by Crippen LogP contribution is 2.32. The van der Waals surface area contributed by atoms with Gasteiger partial charge in [-0.25, -0.2) is 14.2 Å². The molecule has 0 atom stereocenters. The second-order valence-corrected chi connectivity index (χ2v) is 7.06. The van der Waals surface area contributed by atoms with Crippen LogP contribution in [0.25, 0.3) is 5.69 Å². The summed E-state index contributed by atoms with van der Waals surface area (Å²) < 4.78 is 22.5. The third-order valence-electron chi connectivity index (χ3n) is 4.16. The number of aliphatic hydroxyl groups excluding tert-OH is 1. The molecule has 3 N–H and O–H groups in total. The van der Waals surface area contributed by atoms with Crippen molar-refractivity contribution < 1.29 is 14.2 Å². The Morgan fingerprint density at radius 3 is 2.68 bits per heavy atom. The van der Waals surface area contributed by atoms with Crippen LogP contribution in [0.2, 0.25) is 0 Å². The van der Waals surface area contributed by atoms with Crippen LogP contribution in [0, 0.1) is 17.1 Å². The standard InChI is InChI=1S/C18H20FN9O3/c1-18(2,9-29)31-14-5-11(19)12(6-13(14)28-17(30)27(4)25-26-28)23-16-22-8-10(7-20)15(21-3)24-16/h5-6,8,29H,9H2,1-4H3,(H2,21,22,23,24). The minimum absolute atomic E-state index is 0.0176. The van der Waals surface area contributed by atoms with Crippen LogP contribution in [-0.4, -0.2) is 54.1 Å². The predicted molar refractivity (Wildman–Crippen MR) is 108 cm³/mol. The minimum atomic E-state index is -1.06. The van der Waals surface area contributed by atoms with Crippen molar-refractivity contribution >= 4 is 17.5 Å². The predicted octanol–water partition coefficient (Wildman–Crippen LogP) is 0.702. The molecule has 0 aliphatic heterocycles. The van der Waals surface area contributed by atoms with Crippen LogP contribution in [0.1, 0.15) is 19.4 Å². The number of ether oxygens (including phenoxy) is 1. The number of benzene rings is 1. The normalized spacial score (nSPS) is 11.1. The van der Waals surface area contributed by atoms with E-state index in [0.29, 0.717) is 0 Å². The zero-order chi connectivity index (χ0) is 22.8. The monoisotopic (exact) mass is 429 g/mol. The number of tetrazole rings is 1. The van der Waals surface area contributed by atoms with Gasteiger partial charge in [0.25, 0.3) is 0 Å². The highest BCUT2D eigenvalue weighted by Gasteiger charge is 2.24. The molecular formula is C18H20FN9O3.